The number of nitrogens with one attached hydrogen (secondary N) is 1. The lowest BCUT2D eigenvalue weighted by molar-refractivity contribution is 0.287. The Labute approximate surface area is 111 Å². The molecule has 104 valence electrons. The molecule has 0 aliphatic heterocycles. The van der Waals surface area contributed by atoms with Gasteiger partial charge in [0, 0.05) is 38.4 Å². The minimum Gasteiger partial charge on any atom is -0.311 e. The molecular weight excluding hydrogens is 224 g/mol. The van der Waals surface area contributed by atoms with Gasteiger partial charge in [-0.15, -0.1) is 0 Å². The van der Waals surface area contributed by atoms with Gasteiger partial charge in [-0.1, -0.05) is 20.8 Å². The van der Waals surface area contributed by atoms with Crippen molar-refractivity contribution in [2.75, 3.05) is 26.2 Å². The summed E-state index contributed by atoms with van der Waals surface area (Å²) in [6, 6.07) is 0. The predicted octanol–water partition coefficient (Wildman–Crippen LogP) is 1.80. The Hall–Kier alpha value is -0.870. The molecule has 0 atom stereocenters. The lowest BCUT2D eigenvalue weighted by Gasteiger charge is -2.19. The molecule has 0 bridgehead atoms. The Bertz CT molecular complexity index is 333. The van der Waals surface area contributed by atoms with Crippen LogP contribution in [-0.4, -0.2) is 40.9 Å². The van der Waals surface area contributed by atoms with Crippen LogP contribution in [0.25, 0.3) is 0 Å². The van der Waals surface area contributed by atoms with Gasteiger partial charge in [0.2, 0.25) is 0 Å². The van der Waals surface area contributed by atoms with E-state index in [0.29, 0.717) is 0 Å². The van der Waals surface area contributed by atoms with Crippen LogP contribution < -0.4 is 5.32 Å². The summed E-state index contributed by atoms with van der Waals surface area (Å²) in [4.78, 5) is 2.48. The number of rotatable bonds is 9. The van der Waals surface area contributed by atoms with Gasteiger partial charge in [-0.25, -0.2) is 0 Å². The van der Waals surface area contributed by atoms with E-state index < -0.39 is 0 Å². The Morgan fingerprint density at radius 2 is 2.06 bits per heavy atom. The average molecular weight is 252 g/mol. The Morgan fingerprint density at radius 3 is 2.67 bits per heavy atom. The van der Waals surface area contributed by atoms with Crippen LogP contribution in [0.2, 0.25) is 0 Å². The van der Waals surface area contributed by atoms with Crippen molar-refractivity contribution in [2.45, 2.75) is 40.2 Å². The third-order valence-electron chi connectivity index (χ3n) is 3.23. The van der Waals surface area contributed by atoms with Gasteiger partial charge >= 0.3 is 0 Å². The third kappa shape index (κ3) is 4.78. The minimum atomic E-state index is 0.931. The molecule has 18 heavy (non-hydrogen) atoms. The highest BCUT2D eigenvalue weighted by molar-refractivity contribution is 5.16. The molecule has 4 nitrogen and oxygen atoms in total. The van der Waals surface area contributed by atoms with Crippen LogP contribution in [0.4, 0.5) is 0 Å². The van der Waals surface area contributed by atoms with Crippen LogP contribution in [0.1, 0.15) is 38.4 Å². The fourth-order valence-electron chi connectivity index (χ4n) is 2.23. The quantitative estimate of drug-likeness (QED) is 0.680. The van der Waals surface area contributed by atoms with Crippen molar-refractivity contribution >= 4 is 0 Å². The standard InChI is InChI=1S/C14H28N4/c1-5-9-18(7-3)10-8-15-11-13-12-17(4)16-14(13)6-2/h12,15H,5-11H2,1-4H3. The van der Waals surface area contributed by atoms with Crippen LogP contribution >= 0.6 is 0 Å². The monoisotopic (exact) mass is 252 g/mol. The molecule has 0 aliphatic carbocycles. The van der Waals surface area contributed by atoms with Crippen LogP contribution in [0, 0.1) is 0 Å². The molecule has 0 spiro atoms. The van der Waals surface area contributed by atoms with Gasteiger partial charge in [-0.2, -0.15) is 5.10 Å². The van der Waals surface area contributed by atoms with Gasteiger partial charge in [0.15, 0.2) is 0 Å². The summed E-state index contributed by atoms with van der Waals surface area (Å²) < 4.78 is 1.91. The van der Waals surface area contributed by atoms with E-state index in [1.54, 1.807) is 0 Å². The number of hydrogen-bond donors (Lipinski definition) is 1. The molecule has 0 aliphatic rings. The first-order valence-corrected chi connectivity index (χ1v) is 7.15. The summed E-state index contributed by atoms with van der Waals surface area (Å²) in [5.41, 5.74) is 2.55. The fraction of sp³-hybridized carbons (Fsp3) is 0.786. The van der Waals surface area contributed by atoms with E-state index in [9.17, 15) is 0 Å². The van der Waals surface area contributed by atoms with Crippen LogP contribution in [0.5, 0.6) is 0 Å². The Morgan fingerprint density at radius 1 is 1.28 bits per heavy atom. The first kappa shape index (κ1) is 15.2. The number of hydrogen-bond acceptors (Lipinski definition) is 3. The predicted molar refractivity (Wildman–Crippen MR) is 76.7 cm³/mol. The summed E-state index contributed by atoms with van der Waals surface area (Å²) in [6.07, 6.45) is 4.36. The Kier molecular flexibility index (Phi) is 6.98. The summed E-state index contributed by atoms with van der Waals surface area (Å²) >= 11 is 0. The van der Waals surface area contributed by atoms with Crippen molar-refractivity contribution in [1.29, 1.82) is 0 Å². The van der Waals surface area contributed by atoms with E-state index in [1.165, 1.54) is 24.2 Å². The number of nitrogens with zero attached hydrogens (tertiary/aromatic N) is 3. The minimum absolute atomic E-state index is 0.931. The molecule has 0 fully saturated rings. The zero-order valence-electron chi connectivity index (χ0n) is 12.4. The second kappa shape index (κ2) is 8.27. The average Bonchev–Trinajstić information content (AvgIpc) is 2.73. The van der Waals surface area contributed by atoms with Crippen molar-refractivity contribution in [3.8, 4) is 0 Å². The molecule has 0 saturated carbocycles. The van der Waals surface area contributed by atoms with Crippen LogP contribution in [0.3, 0.4) is 0 Å². The Balaban J connectivity index is 2.28. The van der Waals surface area contributed by atoms with E-state index >= 15 is 0 Å². The smallest absolute Gasteiger partial charge is 0.0666 e. The largest absolute Gasteiger partial charge is 0.311 e. The normalized spacial score (nSPS) is 11.4. The number of aryl methyl sites for hydroxylation is 2. The van der Waals surface area contributed by atoms with Crippen LogP contribution in [-0.2, 0) is 20.0 Å². The summed E-state index contributed by atoms with van der Waals surface area (Å²) in [5, 5.41) is 7.97. The molecule has 0 radical (unpaired) electrons. The zero-order valence-corrected chi connectivity index (χ0v) is 12.4. The third-order valence-corrected chi connectivity index (χ3v) is 3.23. The van der Waals surface area contributed by atoms with Gasteiger partial charge in [0.1, 0.15) is 0 Å². The maximum atomic E-state index is 4.45. The molecule has 1 heterocycles. The zero-order chi connectivity index (χ0) is 13.4. The summed E-state index contributed by atoms with van der Waals surface area (Å²) in [6.45, 7) is 12.1. The van der Waals surface area contributed by atoms with Gasteiger partial charge < -0.3 is 10.2 Å². The molecule has 0 saturated heterocycles. The van der Waals surface area contributed by atoms with Gasteiger partial charge in [0.05, 0.1) is 5.69 Å². The van der Waals surface area contributed by atoms with E-state index in [2.05, 4.69) is 42.3 Å². The van der Waals surface area contributed by atoms with Crippen molar-refractivity contribution in [3.05, 3.63) is 17.5 Å². The van der Waals surface area contributed by atoms with E-state index in [1.807, 2.05) is 11.7 Å². The molecule has 0 unspecified atom stereocenters. The maximum Gasteiger partial charge on any atom is 0.0666 e. The molecule has 1 aromatic rings. The van der Waals surface area contributed by atoms with Gasteiger partial charge in [0.25, 0.3) is 0 Å². The van der Waals surface area contributed by atoms with Crippen molar-refractivity contribution in [2.24, 2.45) is 7.05 Å². The first-order valence-electron chi connectivity index (χ1n) is 7.15. The topological polar surface area (TPSA) is 33.1 Å². The highest BCUT2D eigenvalue weighted by Gasteiger charge is 2.05. The lowest BCUT2D eigenvalue weighted by atomic mass is 10.2. The van der Waals surface area contributed by atoms with Crippen molar-refractivity contribution < 1.29 is 0 Å². The van der Waals surface area contributed by atoms with Crippen molar-refractivity contribution in [3.63, 3.8) is 0 Å². The highest BCUT2D eigenvalue weighted by atomic mass is 15.3. The maximum absolute atomic E-state index is 4.45. The summed E-state index contributed by atoms with van der Waals surface area (Å²) in [5.74, 6) is 0. The van der Waals surface area contributed by atoms with Gasteiger partial charge in [-0.3, -0.25) is 4.68 Å². The fourth-order valence-corrected chi connectivity index (χ4v) is 2.23. The highest BCUT2D eigenvalue weighted by Crippen LogP contribution is 2.06. The van der Waals surface area contributed by atoms with E-state index in [4.69, 9.17) is 0 Å². The molecule has 4 heteroatoms. The van der Waals surface area contributed by atoms with Crippen LogP contribution in [0.15, 0.2) is 6.20 Å². The molecule has 1 N–H and O–H groups in total. The number of aromatic nitrogens is 2. The van der Waals surface area contributed by atoms with Gasteiger partial charge in [-0.05, 0) is 25.9 Å². The second-order valence-electron chi connectivity index (χ2n) is 4.74. The first-order chi connectivity index (χ1) is 8.71. The lowest BCUT2D eigenvalue weighted by Crippen LogP contribution is -2.32. The SMILES string of the molecule is CCCN(CC)CCNCc1cn(C)nc1CC. The molecule has 0 amide bonds. The molecule has 0 aromatic carbocycles. The van der Waals surface area contributed by atoms with E-state index in [-0.39, 0.29) is 0 Å². The number of likely N-dealkylation sites (N-methyl/N-ethyl adjacent to an activating group) is 1. The molecule has 1 rings (SSSR count). The van der Waals surface area contributed by atoms with Crippen molar-refractivity contribution in [1.82, 2.24) is 20.0 Å². The summed E-state index contributed by atoms with van der Waals surface area (Å²) in [7, 11) is 1.99. The van der Waals surface area contributed by atoms with E-state index in [0.717, 1.165) is 32.6 Å². The molecular formula is C14H28N4. The molecule has 1 aromatic heterocycles. The second-order valence-corrected chi connectivity index (χ2v) is 4.74.